The summed E-state index contributed by atoms with van der Waals surface area (Å²) < 4.78 is 0. The molecule has 0 aromatic rings. The number of hydrogen-bond acceptors (Lipinski definition) is 6. The van der Waals surface area contributed by atoms with Gasteiger partial charge in [0.1, 0.15) is 0 Å². The third-order valence-electron chi connectivity index (χ3n) is 8.34. The molecule has 5 atom stereocenters. The summed E-state index contributed by atoms with van der Waals surface area (Å²) in [7, 11) is 0. The van der Waals surface area contributed by atoms with Gasteiger partial charge in [0.25, 0.3) is 0 Å². The topological polar surface area (TPSA) is 37.0 Å². The Labute approximate surface area is 185 Å². The monoisotopic (exact) mass is 420 g/mol. The molecular formula is C24H48N6. The molecule has 0 aromatic carbocycles. The Morgan fingerprint density at radius 3 is 2.17 bits per heavy atom. The maximum atomic E-state index is 3.92. The van der Waals surface area contributed by atoms with Gasteiger partial charge in [0.2, 0.25) is 0 Å². The van der Waals surface area contributed by atoms with E-state index in [0.717, 1.165) is 12.1 Å². The number of hydrogen-bond donors (Lipinski definition) is 2. The molecule has 0 amide bonds. The molecule has 6 heteroatoms. The van der Waals surface area contributed by atoms with Gasteiger partial charge in [0.15, 0.2) is 0 Å². The van der Waals surface area contributed by atoms with Crippen LogP contribution in [0.4, 0.5) is 0 Å². The van der Waals surface area contributed by atoms with Gasteiger partial charge in [-0.2, -0.15) is 0 Å². The van der Waals surface area contributed by atoms with Crippen molar-refractivity contribution in [1.29, 1.82) is 0 Å². The Morgan fingerprint density at radius 2 is 1.47 bits per heavy atom. The zero-order valence-corrected chi connectivity index (χ0v) is 20.2. The number of rotatable bonds is 7. The van der Waals surface area contributed by atoms with E-state index in [1.165, 1.54) is 91.1 Å². The Balaban J connectivity index is 1.21. The highest BCUT2D eigenvalue weighted by atomic mass is 15.3. The fraction of sp³-hybridized carbons (Fsp3) is 1.00. The molecule has 4 unspecified atom stereocenters. The van der Waals surface area contributed by atoms with Crippen LogP contribution in [-0.2, 0) is 0 Å². The number of nitrogens with one attached hydrogen (secondary N) is 2. The van der Waals surface area contributed by atoms with Crippen molar-refractivity contribution in [3.63, 3.8) is 0 Å². The highest BCUT2D eigenvalue weighted by Crippen LogP contribution is 2.24. The summed E-state index contributed by atoms with van der Waals surface area (Å²) in [5, 5.41) is 7.42. The number of nitrogens with zero attached hydrogens (tertiary/aromatic N) is 4. The molecule has 0 aromatic heterocycles. The van der Waals surface area contributed by atoms with E-state index in [4.69, 9.17) is 0 Å². The van der Waals surface area contributed by atoms with Crippen molar-refractivity contribution in [2.45, 2.75) is 89.6 Å². The quantitative estimate of drug-likeness (QED) is 0.646. The smallest absolute Gasteiger partial charge is 0.0236 e. The van der Waals surface area contributed by atoms with E-state index in [-0.39, 0.29) is 0 Å². The van der Waals surface area contributed by atoms with Crippen molar-refractivity contribution < 1.29 is 0 Å². The van der Waals surface area contributed by atoms with Crippen LogP contribution < -0.4 is 10.6 Å². The van der Waals surface area contributed by atoms with Gasteiger partial charge in [-0.05, 0) is 53.4 Å². The predicted molar refractivity (Wildman–Crippen MR) is 126 cm³/mol. The molecule has 0 bridgehead atoms. The second kappa shape index (κ2) is 10.6. The van der Waals surface area contributed by atoms with Crippen LogP contribution in [0, 0.1) is 0 Å². The van der Waals surface area contributed by atoms with Gasteiger partial charge in [-0.15, -0.1) is 0 Å². The second-order valence-electron chi connectivity index (χ2n) is 10.9. The van der Waals surface area contributed by atoms with Gasteiger partial charge in [-0.25, -0.2) is 0 Å². The predicted octanol–water partition coefficient (Wildman–Crippen LogP) is 1.28. The SMILES string of the molecule is CC1CN(C2CCN(C(C)C)C2)CC(CCC(C)N2CC[C@@H](N3CCNCC3)C2)N1. The highest BCUT2D eigenvalue weighted by molar-refractivity contribution is 4.93. The summed E-state index contributed by atoms with van der Waals surface area (Å²) in [6, 6.07) is 4.26. The van der Waals surface area contributed by atoms with Gasteiger partial charge < -0.3 is 10.6 Å². The van der Waals surface area contributed by atoms with Gasteiger partial charge in [0.05, 0.1) is 0 Å². The molecule has 4 aliphatic rings. The molecule has 4 saturated heterocycles. The number of likely N-dealkylation sites (tertiary alicyclic amines) is 2. The summed E-state index contributed by atoms with van der Waals surface area (Å²) in [4.78, 5) is 11.0. The van der Waals surface area contributed by atoms with Crippen LogP contribution in [0.3, 0.4) is 0 Å². The van der Waals surface area contributed by atoms with Gasteiger partial charge >= 0.3 is 0 Å². The normalized spacial score (nSPS) is 36.7. The van der Waals surface area contributed by atoms with E-state index >= 15 is 0 Å². The zero-order valence-electron chi connectivity index (χ0n) is 20.2. The van der Waals surface area contributed by atoms with E-state index in [0.29, 0.717) is 24.2 Å². The summed E-state index contributed by atoms with van der Waals surface area (Å²) >= 11 is 0. The maximum absolute atomic E-state index is 3.92. The van der Waals surface area contributed by atoms with E-state index in [1.54, 1.807) is 0 Å². The van der Waals surface area contributed by atoms with Gasteiger partial charge in [-0.1, -0.05) is 0 Å². The lowest BCUT2D eigenvalue weighted by Crippen LogP contribution is -2.58. The first-order chi connectivity index (χ1) is 14.5. The van der Waals surface area contributed by atoms with Crippen molar-refractivity contribution >= 4 is 0 Å². The first kappa shape index (κ1) is 22.9. The molecule has 174 valence electrons. The molecule has 0 spiro atoms. The van der Waals surface area contributed by atoms with Gasteiger partial charge in [0, 0.05) is 102 Å². The van der Waals surface area contributed by atoms with Crippen molar-refractivity contribution in [1.82, 2.24) is 30.2 Å². The molecule has 0 radical (unpaired) electrons. The van der Waals surface area contributed by atoms with Crippen LogP contribution in [0.15, 0.2) is 0 Å². The molecule has 4 aliphatic heterocycles. The highest BCUT2D eigenvalue weighted by Gasteiger charge is 2.35. The van der Waals surface area contributed by atoms with Crippen LogP contribution >= 0.6 is 0 Å². The van der Waals surface area contributed by atoms with Crippen molar-refractivity contribution in [2.24, 2.45) is 0 Å². The average molecular weight is 421 g/mol. The first-order valence-corrected chi connectivity index (χ1v) is 12.9. The zero-order chi connectivity index (χ0) is 21.1. The molecule has 4 heterocycles. The summed E-state index contributed by atoms with van der Waals surface area (Å²) in [5.41, 5.74) is 0. The summed E-state index contributed by atoms with van der Waals surface area (Å²) in [6.07, 6.45) is 5.37. The minimum absolute atomic E-state index is 0.621. The van der Waals surface area contributed by atoms with Crippen LogP contribution in [0.2, 0.25) is 0 Å². The summed E-state index contributed by atoms with van der Waals surface area (Å²) in [5.74, 6) is 0. The Bertz CT molecular complexity index is 522. The maximum Gasteiger partial charge on any atom is 0.0236 e. The summed E-state index contributed by atoms with van der Waals surface area (Å²) in [6.45, 7) is 22.0. The largest absolute Gasteiger partial charge is 0.314 e. The fourth-order valence-electron chi connectivity index (χ4n) is 6.36. The molecule has 2 N–H and O–H groups in total. The lowest BCUT2D eigenvalue weighted by molar-refractivity contribution is 0.107. The Morgan fingerprint density at radius 1 is 0.800 bits per heavy atom. The molecule has 4 fully saturated rings. The molecule has 6 nitrogen and oxygen atoms in total. The third kappa shape index (κ3) is 5.76. The van der Waals surface area contributed by atoms with Crippen LogP contribution in [0.25, 0.3) is 0 Å². The van der Waals surface area contributed by atoms with Crippen LogP contribution in [-0.4, -0.2) is 121 Å². The molecule has 4 rings (SSSR count). The van der Waals surface area contributed by atoms with Crippen molar-refractivity contribution in [3.8, 4) is 0 Å². The fourth-order valence-corrected chi connectivity index (χ4v) is 6.36. The molecular weight excluding hydrogens is 372 g/mol. The third-order valence-corrected chi connectivity index (χ3v) is 8.34. The second-order valence-corrected chi connectivity index (χ2v) is 10.9. The Kier molecular flexibility index (Phi) is 8.09. The van der Waals surface area contributed by atoms with E-state index in [9.17, 15) is 0 Å². The van der Waals surface area contributed by atoms with E-state index < -0.39 is 0 Å². The molecule has 30 heavy (non-hydrogen) atoms. The Hall–Kier alpha value is -0.240. The van der Waals surface area contributed by atoms with Gasteiger partial charge in [-0.3, -0.25) is 19.6 Å². The minimum atomic E-state index is 0.621. The van der Waals surface area contributed by atoms with Crippen LogP contribution in [0.1, 0.15) is 53.4 Å². The lowest BCUT2D eigenvalue weighted by atomic mass is 10.0. The average Bonchev–Trinajstić information content (AvgIpc) is 3.42. The molecule has 0 aliphatic carbocycles. The molecule has 0 saturated carbocycles. The first-order valence-electron chi connectivity index (χ1n) is 12.9. The lowest BCUT2D eigenvalue weighted by Gasteiger charge is -2.41. The van der Waals surface area contributed by atoms with Crippen molar-refractivity contribution in [2.75, 3.05) is 65.4 Å². The van der Waals surface area contributed by atoms with E-state index in [2.05, 4.69) is 57.9 Å². The number of piperazine rings is 2. The van der Waals surface area contributed by atoms with Crippen LogP contribution in [0.5, 0.6) is 0 Å². The minimum Gasteiger partial charge on any atom is -0.314 e. The van der Waals surface area contributed by atoms with Crippen molar-refractivity contribution in [3.05, 3.63) is 0 Å². The van der Waals surface area contributed by atoms with E-state index in [1.807, 2.05) is 0 Å². The standard InChI is InChI=1S/C24H48N6/c1-19(2)28-11-7-24(17-28)30-15-20(3)26-22(16-30)6-5-21(4)29-12-8-23(18-29)27-13-9-25-10-14-27/h19-26H,5-18H2,1-4H3/t20?,21?,22?,23-,24?/m1/s1.